The van der Waals surface area contributed by atoms with Crippen LogP contribution in [0.2, 0.25) is 5.02 Å². The average Bonchev–Trinajstić information content (AvgIpc) is 3.16. The summed E-state index contributed by atoms with van der Waals surface area (Å²) in [5, 5.41) is 13.4. The van der Waals surface area contributed by atoms with Crippen LogP contribution in [0.4, 0.5) is 4.79 Å². The van der Waals surface area contributed by atoms with E-state index < -0.39 is 39.5 Å². The molecule has 298 valence electrons. The number of carboxylic acid groups (broad SMARTS) is 1. The highest BCUT2D eigenvalue weighted by Gasteiger charge is 2.52. The van der Waals surface area contributed by atoms with Crippen LogP contribution in [0.1, 0.15) is 76.7 Å². The number of hydrogen-bond donors (Lipinski definition) is 2. The predicted octanol–water partition coefficient (Wildman–Crippen LogP) is 8.31. The summed E-state index contributed by atoms with van der Waals surface area (Å²) in [6.45, 7) is 4.02. The summed E-state index contributed by atoms with van der Waals surface area (Å²) in [7, 11) is -3.86. The maximum Gasteiger partial charge on any atom is 0.327 e. The largest absolute Gasteiger partial charge is 0.480 e. The Hall–Kier alpha value is -4.51. The van der Waals surface area contributed by atoms with Gasteiger partial charge in [-0.1, -0.05) is 83.9 Å². The molecular formula is C46H50ClN3O6S. The molecule has 3 amide bonds. The molecule has 4 aromatic rings. The maximum absolute atomic E-state index is 14.3. The summed E-state index contributed by atoms with van der Waals surface area (Å²) in [5.41, 5.74) is 7.24. The highest BCUT2D eigenvalue weighted by Crippen LogP contribution is 2.60. The normalized spacial score (nSPS) is 23.1. The Morgan fingerprint density at radius 3 is 2.23 bits per heavy atom. The Morgan fingerprint density at radius 1 is 0.895 bits per heavy atom. The van der Waals surface area contributed by atoms with Crippen molar-refractivity contribution in [3.05, 3.63) is 129 Å². The van der Waals surface area contributed by atoms with Crippen LogP contribution in [-0.4, -0.2) is 65.3 Å². The molecule has 57 heavy (non-hydrogen) atoms. The van der Waals surface area contributed by atoms with Gasteiger partial charge in [0, 0.05) is 30.2 Å². The Kier molecular flexibility index (Phi) is 11.1. The molecule has 11 heteroatoms. The Labute approximate surface area is 340 Å². The molecule has 1 atom stereocenters. The van der Waals surface area contributed by atoms with E-state index in [9.17, 15) is 27.9 Å². The van der Waals surface area contributed by atoms with Gasteiger partial charge in [-0.25, -0.2) is 18.0 Å². The summed E-state index contributed by atoms with van der Waals surface area (Å²) in [5.74, 6) is -1.17. The number of carbonyl (C=O) groups excluding carboxylic acids is 2. The molecule has 4 fully saturated rings. The van der Waals surface area contributed by atoms with Crippen molar-refractivity contribution < 1.29 is 27.9 Å². The first-order chi connectivity index (χ1) is 27.3. The smallest absolute Gasteiger partial charge is 0.327 e. The Balaban J connectivity index is 0.977. The van der Waals surface area contributed by atoms with Crippen LogP contribution in [-0.2, 0) is 40.7 Å². The fraction of sp³-hybridized carbons (Fsp3) is 0.413. The molecule has 5 aliphatic rings. The van der Waals surface area contributed by atoms with Crippen molar-refractivity contribution >= 4 is 39.3 Å². The minimum absolute atomic E-state index is 0.0590. The summed E-state index contributed by atoms with van der Waals surface area (Å²) in [4.78, 5) is 44.2. The van der Waals surface area contributed by atoms with Crippen molar-refractivity contribution in [2.24, 2.45) is 23.2 Å². The number of rotatable bonds is 12. The number of amides is 3. The van der Waals surface area contributed by atoms with Gasteiger partial charge in [0.05, 0.1) is 18.1 Å². The van der Waals surface area contributed by atoms with Crippen molar-refractivity contribution in [2.45, 2.75) is 77.5 Å². The summed E-state index contributed by atoms with van der Waals surface area (Å²) >= 11 is 6.15. The molecular weight excluding hydrogens is 758 g/mol. The van der Waals surface area contributed by atoms with E-state index in [4.69, 9.17) is 11.6 Å². The quantitative estimate of drug-likeness (QED) is 0.148. The number of benzene rings is 4. The number of aryl methyl sites for hydroxylation is 1. The fourth-order valence-electron chi connectivity index (χ4n) is 10.6. The number of hydrogen-bond acceptors (Lipinski definition) is 6. The number of aliphatic carboxylic acids is 1. The molecule has 4 saturated carbocycles. The van der Waals surface area contributed by atoms with Crippen LogP contribution in [0.25, 0.3) is 11.1 Å². The second-order valence-corrected chi connectivity index (χ2v) is 19.8. The molecule has 0 aromatic heterocycles. The lowest BCUT2D eigenvalue weighted by molar-refractivity contribution is -0.138. The van der Waals surface area contributed by atoms with Gasteiger partial charge in [-0.05, 0) is 133 Å². The van der Waals surface area contributed by atoms with Crippen LogP contribution in [0.5, 0.6) is 0 Å². The second-order valence-electron chi connectivity index (χ2n) is 17.3. The molecule has 0 saturated heterocycles. The molecule has 0 spiro atoms. The first-order valence-electron chi connectivity index (χ1n) is 20.1. The highest BCUT2D eigenvalue weighted by atomic mass is 35.5. The predicted molar refractivity (Wildman–Crippen MR) is 221 cm³/mol. The first-order valence-corrected chi connectivity index (χ1v) is 22.3. The van der Waals surface area contributed by atoms with Crippen molar-refractivity contribution in [1.82, 2.24) is 15.1 Å². The van der Waals surface area contributed by atoms with Gasteiger partial charge in [0.25, 0.3) is 5.91 Å². The zero-order chi connectivity index (χ0) is 39.9. The van der Waals surface area contributed by atoms with E-state index in [1.54, 1.807) is 6.07 Å². The number of urea groups is 1. The lowest BCUT2D eigenvalue weighted by Crippen LogP contribution is -2.53. The van der Waals surface area contributed by atoms with Gasteiger partial charge >= 0.3 is 12.0 Å². The van der Waals surface area contributed by atoms with Crippen molar-refractivity contribution in [2.75, 3.05) is 18.1 Å². The van der Waals surface area contributed by atoms with Gasteiger partial charge in [-0.2, -0.15) is 0 Å². The maximum atomic E-state index is 14.3. The average molecular weight is 808 g/mol. The monoisotopic (exact) mass is 807 g/mol. The summed E-state index contributed by atoms with van der Waals surface area (Å²) in [6.07, 6.45) is 6.82. The minimum atomic E-state index is -3.86. The van der Waals surface area contributed by atoms with Crippen LogP contribution >= 0.6 is 11.6 Å². The van der Waals surface area contributed by atoms with Crippen LogP contribution < -0.4 is 5.32 Å². The van der Waals surface area contributed by atoms with Gasteiger partial charge in [-0.3, -0.25) is 14.6 Å². The topological polar surface area (TPSA) is 124 Å². The van der Waals surface area contributed by atoms with Gasteiger partial charge in [0.2, 0.25) is 0 Å². The van der Waals surface area contributed by atoms with Gasteiger partial charge in [-0.15, -0.1) is 0 Å². The molecule has 2 N–H and O–H groups in total. The number of halogens is 1. The number of carboxylic acids is 1. The third kappa shape index (κ3) is 8.98. The van der Waals surface area contributed by atoms with E-state index in [2.05, 4.69) is 22.3 Å². The summed E-state index contributed by atoms with van der Waals surface area (Å²) in [6, 6.07) is 26.4. The Bertz CT molecular complexity index is 2240. The SMILES string of the molecule is Cc1ccc(CN(C(=O)N[C@@H](CS(=O)(=O)CC23CC4CC(CC(C4)C2)C3)C(=O)O)C(=O)c2ccc3c(c2)CCN(Cc2ccccc2-c2ccc(Cl)cc2)C3)cc1. The van der Waals surface area contributed by atoms with E-state index in [1.165, 1.54) is 24.8 Å². The molecule has 0 unspecified atom stereocenters. The molecule has 4 bridgehead atoms. The van der Waals surface area contributed by atoms with Crippen molar-refractivity contribution in [3.8, 4) is 11.1 Å². The molecule has 9 nitrogen and oxygen atoms in total. The zero-order valence-electron chi connectivity index (χ0n) is 32.3. The second kappa shape index (κ2) is 16.0. The third-order valence-corrected chi connectivity index (χ3v) is 14.9. The highest BCUT2D eigenvalue weighted by molar-refractivity contribution is 7.91. The van der Waals surface area contributed by atoms with E-state index in [0.717, 1.165) is 65.1 Å². The lowest BCUT2D eigenvalue weighted by Gasteiger charge is -2.56. The Morgan fingerprint density at radius 2 is 1.56 bits per heavy atom. The fourth-order valence-corrected chi connectivity index (χ4v) is 12.9. The lowest BCUT2D eigenvalue weighted by atomic mass is 9.50. The molecule has 9 rings (SSSR count). The van der Waals surface area contributed by atoms with Crippen LogP contribution in [0, 0.1) is 30.1 Å². The molecule has 1 aliphatic heterocycles. The van der Waals surface area contributed by atoms with Crippen LogP contribution in [0.15, 0.2) is 91.0 Å². The van der Waals surface area contributed by atoms with Crippen LogP contribution in [0.3, 0.4) is 0 Å². The molecule has 4 aromatic carbocycles. The summed E-state index contributed by atoms with van der Waals surface area (Å²) < 4.78 is 27.4. The number of imide groups is 1. The molecule has 1 heterocycles. The van der Waals surface area contributed by atoms with Crippen molar-refractivity contribution in [1.29, 1.82) is 0 Å². The third-order valence-electron chi connectivity index (χ3n) is 12.8. The van der Waals surface area contributed by atoms with E-state index in [0.29, 0.717) is 46.9 Å². The first kappa shape index (κ1) is 39.3. The number of carbonyl (C=O) groups is 3. The number of nitrogens with zero attached hydrogens (tertiary/aromatic N) is 2. The van der Waals surface area contributed by atoms with E-state index in [1.807, 2.05) is 79.7 Å². The van der Waals surface area contributed by atoms with Gasteiger partial charge in [0.15, 0.2) is 9.84 Å². The minimum Gasteiger partial charge on any atom is -0.480 e. The zero-order valence-corrected chi connectivity index (χ0v) is 33.9. The molecule has 0 radical (unpaired) electrons. The standard InChI is InChI=1S/C46H50ClN3O6S/c1-30-6-8-31(9-7-30)25-50(45(54)48-42(44(52)53)28-57(55,56)29-46-22-32-18-33(23-46)20-34(19-32)24-46)43(51)37-10-11-38-26-49(17-16-36(38)21-37)27-39-4-2-3-5-41(39)35-12-14-40(47)15-13-35/h2-15,21,32-34,42H,16-20,22-29H2,1H3,(H,48,54)(H,52,53)/t32?,33?,34?,42-,46?/m0/s1. The van der Waals surface area contributed by atoms with Gasteiger partial charge in [0.1, 0.15) is 6.04 Å². The van der Waals surface area contributed by atoms with Crippen molar-refractivity contribution in [3.63, 3.8) is 0 Å². The molecule has 4 aliphatic carbocycles. The number of fused-ring (bicyclic) bond motifs is 1. The number of nitrogens with one attached hydrogen (secondary N) is 1. The van der Waals surface area contributed by atoms with Gasteiger partial charge < -0.3 is 10.4 Å². The van der Waals surface area contributed by atoms with E-state index in [-0.39, 0.29) is 17.7 Å². The van der Waals surface area contributed by atoms with E-state index >= 15 is 0 Å². The number of sulfone groups is 1.